The van der Waals surface area contributed by atoms with Gasteiger partial charge in [0.2, 0.25) is 5.91 Å². The van der Waals surface area contributed by atoms with Crippen LogP contribution >= 0.6 is 11.8 Å². The van der Waals surface area contributed by atoms with Gasteiger partial charge in [0.1, 0.15) is 0 Å². The number of thioether (sulfide) groups is 1. The van der Waals surface area contributed by atoms with E-state index in [2.05, 4.69) is 20.5 Å². The summed E-state index contributed by atoms with van der Waals surface area (Å²) in [4.78, 5) is 29.0. The third kappa shape index (κ3) is 3.98. The zero-order valence-electron chi connectivity index (χ0n) is 17.6. The second-order valence-corrected chi connectivity index (χ2v) is 7.86. The Bertz CT molecular complexity index is 1290. The minimum atomic E-state index is -0.155. The van der Waals surface area contributed by atoms with E-state index >= 15 is 0 Å². The van der Waals surface area contributed by atoms with E-state index in [-0.39, 0.29) is 17.3 Å². The topological polar surface area (TPSA) is 99.6 Å². The number of rotatable bonds is 7. The number of nitrogens with one attached hydrogen (secondary N) is 1. The van der Waals surface area contributed by atoms with Gasteiger partial charge in [0.25, 0.3) is 0 Å². The molecular formula is C21H23N7O2S. The predicted octanol–water partition coefficient (Wildman–Crippen LogP) is 2.76. The van der Waals surface area contributed by atoms with Gasteiger partial charge < -0.3 is 9.88 Å². The molecule has 1 aromatic carbocycles. The van der Waals surface area contributed by atoms with Crippen molar-refractivity contribution in [2.75, 3.05) is 11.1 Å². The molecule has 4 rings (SSSR count). The number of anilines is 1. The van der Waals surface area contributed by atoms with E-state index in [4.69, 9.17) is 0 Å². The molecule has 0 bridgehead atoms. The fraction of sp³-hybridized carbons (Fsp3) is 0.286. The lowest BCUT2D eigenvalue weighted by Crippen LogP contribution is -2.23. The van der Waals surface area contributed by atoms with Gasteiger partial charge in [-0.15, -0.1) is 10.2 Å². The second kappa shape index (κ2) is 8.76. The number of aryl methyl sites for hydroxylation is 2. The average Bonchev–Trinajstić information content (AvgIpc) is 3.28. The molecule has 1 amide bonds. The average molecular weight is 438 g/mol. The van der Waals surface area contributed by atoms with Crippen LogP contribution in [0.1, 0.15) is 13.8 Å². The van der Waals surface area contributed by atoms with E-state index in [1.807, 2.05) is 55.8 Å². The first-order valence-corrected chi connectivity index (χ1v) is 11.0. The molecule has 10 heteroatoms. The number of hydrogen-bond acceptors (Lipinski definition) is 6. The number of amides is 1. The zero-order valence-corrected chi connectivity index (χ0v) is 18.4. The number of benzene rings is 1. The number of imidazole rings is 1. The van der Waals surface area contributed by atoms with Crippen molar-refractivity contribution in [1.82, 2.24) is 28.9 Å². The molecule has 160 valence electrons. The fourth-order valence-corrected chi connectivity index (χ4v) is 4.24. The van der Waals surface area contributed by atoms with Gasteiger partial charge in [-0.25, -0.2) is 4.79 Å². The molecule has 3 aromatic heterocycles. The van der Waals surface area contributed by atoms with Gasteiger partial charge in [0.15, 0.2) is 11.0 Å². The Kier molecular flexibility index (Phi) is 5.90. The standard InChI is InChI=1S/C21H23N7O2S/c1-4-27-16-7-6-15(12-17(16)28(5-2)21(27)30)23-18(29)13-31-20-25-24-19(26(20)3)14-8-10-22-11-9-14/h6-12H,4-5,13H2,1-3H3,(H,23,29). The van der Waals surface area contributed by atoms with Crippen LogP contribution in [0, 0.1) is 0 Å². The van der Waals surface area contributed by atoms with Crippen molar-refractivity contribution in [3.63, 3.8) is 0 Å². The maximum atomic E-state index is 12.5. The molecule has 0 spiro atoms. The van der Waals surface area contributed by atoms with Gasteiger partial charge >= 0.3 is 5.69 Å². The molecule has 0 aliphatic rings. The van der Waals surface area contributed by atoms with Crippen LogP contribution in [0.4, 0.5) is 5.69 Å². The number of aromatic nitrogens is 6. The summed E-state index contributed by atoms with van der Waals surface area (Å²) in [6, 6.07) is 9.27. The summed E-state index contributed by atoms with van der Waals surface area (Å²) in [5.74, 6) is 0.753. The van der Waals surface area contributed by atoms with E-state index in [9.17, 15) is 9.59 Å². The lowest BCUT2D eigenvalue weighted by atomic mass is 10.2. The molecule has 0 radical (unpaired) electrons. The normalized spacial score (nSPS) is 11.2. The lowest BCUT2D eigenvalue weighted by molar-refractivity contribution is -0.113. The summed E-state index contributed by atoms with van der Waals surface area (Å²) in [5.41, 5.74) is 3.21. The highest BCUT2D eigenvalue weighted by atomic mass is 32.2. The Morgan fingerprint density at radius 3 is 2.45 bits per heavy atom. The van der Waals surface area contributed by atoms with E-state index in [0.717, 1.165) is 16.6 Å². The van der Waals surface area contributed by atoms with Crippen LogP contribution in [-0.2, 0) is 24.9 Å². The van der Waals surface area contributed by atoms with E-state index in [1.165, 1.54) is 11.8 Å². The van der Waals surface area contributed by atoms with Gasteiger partial charge in [0.05, 0.1) is 16.8 Å². The Morgan fingerprint density at radius 2 is 1.74 bits per heavy atom. The lowest BCUT2D eigenvalue weighted by Gasteiger charge is -2.07. The molecule has 0 unspecified atom stereocenters. The quantitative estimate of drug-likeness (QED) is 0.446. The SMILES string of the molecule is CCn1c(=O)n(CC)c2cc(NC(=O)CSc3nnc(-c4ccncc4)n3C)ccc21. The maximum Gasteiger partial charge on any atom is 0.329 e. The third-order valence-corrected chi connectivity index (χ3v) is 6.06. The highest BCUT2D eigenvalue weighted by Gasteiger charge is 2.15. The molecule has 0 saturated carbocycles. The smallest absolute Gasteiger partial charge is 0.325 e. The van der Waals surface area contributed by atoms with Crippen LogP contribution in [0.25, 0.3) is 22.4 Å². The van der Waals surface area contributed by atoms with Crippen molar-refractivity contribution in [3.05, 3.63) is 53.2 Å². The highest BCUT2D eigenvalue weighted by molar-refractivity contribution is 7.99. The fourth-order valence-electron chi connectivity index (χ4n) is 3.53. The Morgan fingerprint density at radius 1 is 1.03 bits per heavy atom. The van der Waals surface area contributed by atoms with Crippen molar-refractivity contribution in [2.45, 2.75) is 32.1 Å². The first kappa shape index (κ1) is 20.9. The number of fused-ring (bicyclic) bond motifs is 1. The molecular weight excluding hydrogens is 414 g/mol. The molecule has 3 heterocycles. The van der Waals surface area contributed by atoms with Crippen LogP contribution in [0.5, 0.6) is 0 Å². The monoisotopic (exact) mass is 437 g/mol. The minimum Gasteiger partial charge on any atom is -0.325 e. The number of pyridine rings is 1. The van der Waals surface area contributed by atoms with Crippen LogP contribution in [0.15, 0.2) is 52.7 Å². The Labute approximate surface area is 183 Å². The summed E-state index contributed by atoms with van der Waals surface area (Å²) in [7, 11) is 1.87. The number of carbonyl (C=O) groups excluding carboxylic acids is 1. The second-order valence-electron chi connectivity index (χ2n) is 6.91. The van der Waals surface area contributed by atoms with Crippen LogP contribution in [0.2, 0.25) is 0 Å². The minimum absolute atomic E-state index is 0.0358. The molecule has 0 fully saturated rings. The van der Waals surface area contributed by atoms with Crippen molar-refractivity contribution in [3.8, 4) is 11.4 Å². The number of carbonyl (C=O) groups is 1. The van der Waals surface area contributed by atoms with Gasteiger partial charge in [-0.1, -0.05) is 11.8 Å². The summed E-state index contributed by atoms with van der Waals surface area (Å²) in [6.07, 6.45) is 3.40. The van der Waals surface area contributed by atoms with Crippen molar-refractivity contribution >= 4 is 34.4 Å². The summed E-state index contributed by atoms with van der Waals surface area (Å²) in [5, 5.41) is 12.0. The number of nitrogens with zero attached hydrogens (tertiary/aromatic N) is 6. The van der Waals surface area contributed by atoms with Crippen LogP contribution < -0.4 is 11.0 Å². The molecule has 9 nitrogen and oxygen atoms in total. The molecule has 0 aliphatic heterocycles. The van der Waals surface area contributed by atoms with Crippen molar-refractivity contribution < 1.29 is 4.79 Å². The third-order valence-electron chi connectivity index (χ3n) is 5.04. The van der Waals surface area contributed by atoms with E-state index in [0.29, 0.717) is 29.8 Å². The van der Waals surface area contributed by atoms with Crippen LogP contribution in [0.3, 0.4) is 0 Å². The van der Waals surface area contributed by atoms with Gasteiger partial charge in [-0.2, -0.15) is 0 Å². The molecule has 31 heavy (non-hydrogen) atoms. The van der Waals surface area contributed by atoms with Crippen molar-refractivity contribution in [2.24, 2.45) is 7.05 Å². The summed E-state index contributed by atoms with van der Waals surface area (Å²) < 4.78 is 5.30. The largest absolute Gasteiger partial charge is 0.329 e. The molecule has 4 aromatic rings. The maximum absolute atomic E-state index is 12.5. The van der Waals surface area contributed by atoms with Gasteiger partial charge in [-0.3, -0.25) is 18.9 Å². The van der Waals surface area contributed by atoms with E-state index in [1.54, 1.807) is 21.5 Å². The molecule has 0 saturated heterocycles. The predicted molar refractivity (Wildman–Crippen MR) is 121 cm³/mol. The van der Waals surface area contributed by atoms with Crippen molar-refractivity contribution in [1.29, 1.82) is 0 Å². The molecule has 1 N–H and O–H groups in total. The Hall–Kier alpha value is -3.40. The summed E-state index contributed by atoms with van der Waals surface area (Å²) >= 11 is 1.31. The molecule has 0 atom stereocenters. The molecule has 0 aliphatic carbocycles. The first-order chi connectivity index (χ1) is 15.0. The zero-order chi connectivity index (χ0) is 22.0. The van der Waals surface area contributed by atoms with E-state index < -0.39 is 0 Å². The Balaban J connectivity index is 1.47. The highest BCUT2D eigenvalue weighted by Crippen LogP contribution is 2.23. The van der Waals surface area contributed by atoms with Gasteiger partial charge in [0, 0.05) is 43.8 Å². The first-order valence-electron chi connectivity index (χ1n) is 9.99. The van der Waals surface area contributed by atoms with Gasteiger partial charge in [-0.05, 0) is 44.2 Å². The number of hydrogen-bond donors (Lipinski definition) is 1. The summed E-state index contributed by atoms with van der Waals surface area (Å²) in [6.45, 7) is 5.05. The van der Waals surface area contributed by atoms with Crippen LogP contribution in [-0.4, -0.2) is 40.5 Å².